The Morgan fingerprint density at radius 3 is 2.31 bits per heavy atom. The lowest BCUT2D eigenvalue weighted by Crippen LogP contribution is -2.53. The monoisotopic (exact) mass is 221 g/mol. The predicted molar refractivity (Wildman–Crippen MR) is 60.0 cm³/mol. The summed E-state index contributed by atoms with van der Waals surface area (Å²) in [6, 6.07) is 9.21. The molecule has 0 bridgehead atoms. The predicted octanol–water partition coefficient (Wildman–Crippen LogP) is 1.21. The average molecular weight is 221 g/mol. The lowest BCUT2D eigenvalue weighted by molar-refractivity contribution is -0.146. The Labute approximate surface area is 94.3 Å². The van der Waals surface area contributed by atoms with Crippen molar-refractivity contribution in [2.24, 2.45) is 0 Å². The van der Waals surface area contributed by atoms with Crippen LogP contribution in [-0.4, -0.2) is 22.5 Å². The fraction of sp³-hybridized carbons (Fsp3) is 0.333. The minimum atomic E-state index is -1.26. The zero-order valence-electron chi connectivity index (χ0n) is 9.36. The Kier molecular flexibility index (Phi) is 3.66. The van der Waals surface area contributed by atoms with E-state index in [9.17, 15) is 9.59 Å². The van der Waals surface area contributed by atoms with Crippen molar-refractivity contribution in [3.05, 3.63) is 35.9 Å². The van der Waals surface area contributed by atoms with Crippen molar-refractivity contribution < 1.29 is 14.7 Å². The summed E-state index contributed by atoms with van der Waals surface area (Å²) < 4.78 is 0. The fourth-order valence-electron chi connectivity index (χ4n) is 1.57. The molecule has 1 aromatic rings. The van der Waals surface area contributed by atoms with Crippen LogP contribution in [0.5, 0.6) is 0 Å². The van der Waals surface area contributed by atoms with Crippen molar-refractivity contribution in [1.29, 1.82) is 0 Å². The summed E-state index contributed by atoms with van der Waals surface area (Å²) in [5.41, 5.74) is -0.381. The van der Waals surface area contributed by atoms with Gasteiger partial charge in [0.15, 0.2) is 0 Å². The topological polar surface area (TPSA) is 66.4 Å². The smallest absolute Gasteiger partial charge is 0.329 e. The van der Waals surface area contributed by atoms with Crippen molar-refractivity contribution >= 4 is 11.9 Å². The second-order valence-corrected chi connectivity index (χ2v) is 3.98. The molecule has 16 heavy (non-hydrogen) atoms. The van der Waals surface area contributed by atoms with E-state index in [1.54, 1.807) is 0 Å². The molecular formula is C12H15NO3. The largest absolute Gasteiger partial charge is 0.480 e. The molecule has 4 heteroatoms. The number of nitrogens with one attached hydrogen (secondary N) is 1. The summed E-state index contributed by atoms with van der Waals surface area (Å²) >= 11 is 0. The molecule has 0 aliphatic heterocycles. The molecule has 1 atom stereocenters. The van der Waals surface area contributed by atoms with E-state index in [2.05, 4.69) is 5.32 Å². The van der Waals surface area contributed by atoms with Crippen LogP contribution >= 0.6 is 0 Å². The van der Waals surface area contributed by atoms with E-state index < -0.39 is 11.5 Å². The van der Waals surface area contributed by atoms with E-state index in [0.29, 0.717) is 0 Å². The molecule has 4 nitrogen and oxygen atoms in total. The SMILES string of the molecule is CC(=O)N[C@](C)(Cc1ccccc1)C(=O)O. The highest BCUT2D eigenvalue weighted by Gasteiger charge is 2.33. The van der Waals surface area contributed by atoms with E-state index in [4.69, 9.17) is 5.11 Å². The number of hydrogen-bond acceptors (Lipinski definition) is 2. The average Bonchev–Trinajstić information content (AvgIpc) is 2.17. The Balaban J connectivity index is 2.87. The van der Waals surface area contributed by atoms with Crippen LogP contribution in [0.2, 0.25) is 0 Å². The number of amides is 1. The molecule has 86 valence electrons. The van der Waals surface area contributed by atoms with Crippen LogP contribution in [0.4, 0.5) is 0 Å². The van der Waals surface area contributed by atoms with Crippen LogP contribution in [-0.2, 0) is 16.0 Å². The number of hydrogen-bond donors (Lipinski definition) is 2. The Morgan fingerprint density at radius 1 is 1.31 bits per heavy atom. The first-order valence-electron chi connectivity index (χ1n) is 5.00. The maximum atomic E-state index is 11.1. The third-order valence-corrected chi connectivity index (χ3v) is 2.32. The first-order valence-corrected chi connectivity index (χ1v) is 5.00. The van der Waals surface area contributed by atoms with Gasteiger partial charge in [-0.05, 0) is 12.5 Å². The molecular weight excluding hydrogens is 206 g/mol. The summed E-state index contributed by atoms with van der Waals surface area (Å²) in [7, 11) is 0. The molecule has 0 spiro atoms. The maximum Gasteiger partial charge on any atom is 0.329 e. The van der Waals surface area contributed by atoms with Crippen LogP contribution in [0.15, 0.2) is 30.3 Å². The third kappa shape index (κ3) is 3.08. The van der Waals surface area contributed by atoms with Crippen LogP contribution in [0.1, 0.15) is 19.4 Å². The summed E-state index contributed by atoms with van der Waals surface area (Å²) in [5.74, 6) is -1.38. The summed E-state index contributed by atoms with van der Waals surface area (Å²) in [5, 5.41) is 11.6. The highest BCUT2D eigenvalue weighted by Crippen LogP contribution is 2.13. The molecule has 0 fully saturated rings. The molecule has 2 N–H and O–H groups in total. The minimum Gasteiger partial charge on any atom is -0.480 e. The van der Waals surface area contributed by atoms with Crippen molar-refractivity contribution in [3.63, 3.8) is 0 Å². The van der Waals surface area contributed by atoms with Crippen LogP contribution in [0.3, 0.4) is 0 Å². The summed E-state index contributed by atoms with van der Waals surface area (Å²) in [4.78, 5) is 22.1. The molecule has 0 unspecified atom stereocenters. The van der Waals surface area contributed by atoms with Gasteiger partial charge >= 0.3 is 5.97 Å². The zero-order valence-corrected chi connectivity index (χ0v) is 9.36. The quantitative estimate of drug-likeness (QED) is 0.803. The third-order valence-electron chi connectivity index (χ3n) is 2.32. The van der Waals surface area contributed by atoms with E-state index in [-0.39, 0.29) is 12.3 Å². The zero-order chi connectivity index (χ0) is 12.2. The molecule has 0 saturated carbocycles. The number of aliphatic carboxylic acids is 1. The van der Waals surface area contributed by atoms with Crippen molar-refractivity contribution in [2.75, 3.05) is 0 Å². The normalized spacial score (nSPS) is 13.9. The van der Waals surface area contributed by atoms with Gasteiger partial charge in [0.25, 0.3) is 0 Å². The molecule has 1 amide bonds. The number of carbonyl (C=O) groups is 2. The van der Waals surface area contributed by atoms with Crippen LogP contribution < -0.4 is 5.32 Å². The first-order chi connectivity index (χ1) is 7.44. The number of carboxylic acids is 1. The van der Waals surface area contributed by atoms with Gasteiger partial charge in [-0.3, -0.25) is 4.79 Å². The standard InChI is InChI=1S/C12H15NO3/c1-9(14)13-12(2,11(15)16)8-10-6-4-3-5-7-10/h3-7H,8H2,1-2H3,(H,13,14)(H,15,16)/t12-/m1/s1. The van der Waals surface area contributed by atoms with Gasteiger partial charge in [-0.2, -0.15) is 0 Å². The maximum absolute atomic E-state index is 11.1. The van der Waals surface area contributed by atoms with Gasteiger partial charge in [-0.15, -0.1) is 0 Å². The summed E-state index contributed by atoms with van der Waals surface area (Å²) in [6.45, 7) is 2.82. The van der Waals surface area contributed by atoms with Gasteiger partial charge in [0.05, 0.1) is 0 Å². The van der Waals surface area contributed by atoms with Gasteiger partial charge in [-0.1, -0.05) is 30.3 Å². The fourth-order valence-corrected chi connectivity index (χ4v) is 1.57. The molecule has 0 aliphatic carbocycles. The van der Waals surface area contributed by atoms with Gasteiger partial charge < -0.3 is 10.4 Å². The van der Waals surface area contributed by atoms with E-state index >= 15 is 0 Å². The highest BCUT2D eigenvalue weighted by atomic mass is 16.4. The van der Waals surface area contributed by atoms with Crippen LogP contribution in [0.25, 0.3) is 0 Å². The van der Waals surface area contributed by atoms with Gasteiger partial charge in [0.1, 0.15) is 5.54 Å². The molecule has 0 heterocycles. The lowest BCUT2D eigenvalue weighted by atomic mass is 9.93. The molecule has 1 aromatic carbocycles. The minimum absolute atomic E-state index is 0.267. The Hall–Kier alpha value is -1.84. The molecule has 0 aliphatic rings. The second kappa shape index (κ2) is 4.79. The number of carboxylic acid groups (broad SMARTS) is 1. The second-order valence-electron chi connectivity index (χ2n) is 3.98. The van der Waals surface area contributed by atoms with Crippen LogP contribution in [0, 0.1) is 0 Å². The Morgan fingerprint density at radius 2 is 1.88 bits per heavy atom. The van der Waals surface area contributed by atoms with Gasteiger partial charge in [-0.25, -0.2) is 4.79 Å². The van der Waals surface area contributed by atoms with Crippen molar-refractivity contribution in [2.45, 2.75) is 25.8 Å². The number of carbonyl (C=O) groups excluding carboxylic acids is 1. The summed E-state index contributed by atoms with van der Waals surface area (Å²) in [6.07, 6.45) is 0.267. The first kappa shape index (κ1) is 12.2. The lowest BCUT2D eigenvalue weighted by Gasteiger charge is -2.25. The van der Waals surface area contributed by atoms with Crippen molar-refractivity contribution in [3.8, 4) is 0 Å². The van der Waals surface area contributed by atoms with E-state index in [1.807, 2.05) is 30.3 Å². The number of rotatable bonds is 4. The van der Waals surface area contributed by atoms with Crippen molar-refractivity contribution in [1.82, 2.24) is 5.32 Å². The molecule has 0 saturated heterocycles. The Bertz CT molecular complexity index is 389. The highest BCUT2D eigenvalue weighted by molar-refractivity contribution is 5.85. The van der Waals surface area contributed by atoms with Gasteiger partial charge in [0.2, 0.25) is 5.91 Å². The number of benzene rings is 1. The molecule has 0 radical (unpaired) electrons. The van der Waals surface area contributed by atoms with Gasteiger partial charge in [0, 0.05) is 13.3 Å². The molecule has 1 rings (SSSR count). The van der Waals surface area contributed by atoms with E-state index in [0.717, 1.165) is 5.56 Å². The van der Waals surface area contributed by atoms with E-state index in [1.165, 1.54) is 13.8 Å². The molecule has 0 aromatic heterocycles.